The minimum atomic E-state index is -1.58. The van der Waals surface area contributed by atoms with Crippen molar-refractivity contribution in [1.82, 2.24) is 41.8 Å². The second kappa shape index (κ2) is 28.5. The van der Waals surface area contributed by atoms with Gasteiger partial charge >= 0.3 is 5.97 Å². The molecule has 2 heterocycles. The summed E-state index contributed by atoms with van der Waals surface area (Å²) in [7, 11) is 3.32. The maximum Gasteiger partial charge on any atom is 0.305 e. The molecule has 0 saturated carbocycles. The number of aliphatic carboxylic acids is 1. The Morgan fingerprint density at radius 2 is 1.27 bits per heavy atom. The third kappa shape index (κ3) is 17.5. The molecule has 75 heavy (non-hydrogen) atoms. The van der Waals surface area contributed by atoms with Gasteiger partial charge in [-0.15, -0.1) is 0 Å². The van der Waals surface area contributed by atoms with E-state index in [9.17, 15) is 53.4 Å². The Bertz CT molecular complexity index is 2640. The van der Waals surface area contributed by atoms with Gasteiger partial charge < -0.3 is 69.2 Å². The summed E-state index contributed by atoms with van der Waals surface area (Å²) in [5, 5.41) is 36.6. The number of nitrogens with zero attached hydrogens (tertiary/aromatic N) is 1. The van der Waals surface area contributed by atoms with Crippen molar-refractivity contribution in [3.63, 3.8) is 0 Å². The Morgan fingerprint density at radius 1 is 0.720 bits per heavy atom. The number of hydrogen-bond acceptors (Lipinski definition) is 14. The molecule has 0 radical (unpaired) electrons. The van der Waals surface area contributed by atoms with Crippen molar-refractivity contribution in [3.8, 4) is 5.75 Å². The fourth-order valence-corrected chi connectivity index (χ4v) is 10.8. The van der Waals surface area contributed by atoms with Crippen LogP contribution in [0.25, 0.3) is 10.9 Å². The molecule has 0 spiro atoms. The van der Waals surface area contributed by atoms with Crippen LogP contribution in [0, 0.1) is 5.92 Å². The van der Waals surface area contributed by atoms with Gasteiger partial charge in [0.1, 0.15) is 48.0 Å². The van der Waals surface area contributed by atoms with Gasteiger partial charge in [-0.25, -0.2) is 0 Å². The number of H-pyrrole nitrogens is 1. The van der Waals surface area contributed by atoms with Crippen molar-refractivity contribution in [2.24, 2.45) is 23.1 Å². The van der Waals surface area contributed by atoms with Gasteiger partial charge in [0, 0.05) is 54.9 Å². The summed E-state index contributed by atoms with van der Waals surface area (Å²) in [4.78, 5) is 130. The zero-order valence-corrected chi connectivity index (χ0v) is 43.5. The van der Waals surface area contributed by atoms with Gasteiger partial charge in [0.2, 0.25) is 47.3 Å². The second-order valence-corrected chi connectivity index (χ2v) is 21.1. The number of carbonyl (C=O) groups excluding carboxylic acids is 8. The highest BCUT2D eigenvalue weighted by Crippen LogP contribution is 2.25. The topological polar surface area (TPSA) is 363 Å². The number of fused-ring (bicyclic) bond motifs is 1. The number of aromatic amines is 1. The molecule has 0 aliphatic carbocycles. The molecule has 1 aliphatic rings. The monoisotopic (exact) mass is 1070 g/mol. The first-order chi connectivity index (χ1) is 35.8. The highest BCUT2D eigenvalue weighted by atomic mass is 33.1. The molecule has 22 nitrogen and oxygen atoms in total. The SMILES string of the molecule is CC(C)[C@@H](C(N)=O)N(C)C(=O)[C@@H]1CSSC[C@H](NC(=O)[C@@H](N)CC(=O)O)C(=O)N[C@@H](Cc2ccccc2)C(=O)N[C@@H](Cc2c[nH]c3ccccc23)C(=O)N[C@@H](CCCCN)C(=O)N[C@@H](Cc2ccc(O)cc2)C(=O)N1. The van der Waals surface area contributed by atoms with E-state index in [0.717, 1.165) is 37.4 Å². The molecule has 8 atom stereocenters. The zero-order valence-electron chi connectivity index (χ0n) is 41.9. The fraction of sp³-hybridized carbons (Fsp3) is 0.431. The molecular weight excluding hydrogens is 1010 g/mol. The van der Waals surface area contributed by atoms with Crippen molar-refractivity contribution >= 4 is 85.7 Å². The summed E-state index contributed by atoms with van der Waals surface area (Å²) in [5.74, 6) is -9.06. The van der Waals surface area contributed by atoms with E-state index in [1.54, 1.807) is 56.4 Å². The predicted molar refractivity (Wildman–Crippen MR) is 284 cm³/mol. The normalized spacial score (nSPS) is 21.3. The van der Waals surface area contributed by atoms with E-state index < -0.39 is 114 Å². The van der Waals surface area contributed by atoms with Crippen LogP contribution in [0.2, 0.25) is 0 Å². The Kier molecular flexibility index (Phi) is 22.3. The number of primary amides is 1. The summed E-state index contributed by atoms with van der Waals surface area (Å²) >= 11 is 0. The number of phenols is 1. The number of likely N-dealkylation sites (N-methyl/N-ethyl adjacent to an activating group) is 1. The van der Waals surface area contributed by atoms with Gasteiger partial charge in [0.15, 0.2) is 0 Å². The van der Waals surface area contributed by atoms with E-state index in [0.29, 0.717) is 29.5 Å². The number of aromatic hydroxyl groups is 1. The number of carbonyl (C=O) groups is 9. The number of aromatic nitrogens is 1. The van der Waals surface area contributed by atoms with Crippen LogP contribution < -0.4 is 49.1 Å². The van der Waals surface area contributed by atoms with Crippen LogP contribution in [-0.2, 0) is 62.4 Å². The van der Waals surface area contributed by atoms with E-state index in [2.05, 4.69) is 36.9 Å². The minimum Gasteiger partial charge on any atom is -0.508 e. The Balaban J connectivity index is 1.63. The van der Waals surface area contributed by atoms with Crippen LogP contribution >= 0.6 is 21.6 Å². The van der Waals surface area contributed by atoms with E-state index in [4.69, 9.17) is 17.2 Å². The minimum absolute atomic E-state index is 0.0372. The maximum absolute atomic E-state index is 14.8. The summed E-state index contributed by atoms with van der Waals surface area (Å²) < 4.78 is 0. The molecule has 0 unspecified atom stereocenters. The number of hydrogen-bond donors (Lipinski definition) is 12. The Labute approximate surface area is 442 Å². The lowest BCUT2D eigenvalue weighted by molar-refractivity contribution is -0.142. The van der Waals surface area contributed by atoms with Crippen molar-refractivity contribution in [3.05, 3.63) is 102 Å². The third-order valence-electron chi connectivity index (χ3n) is 12.5. The van der Waals surface area contributed by atoms with Crippen molar-refractivity contribution in [2.75, 3.05) is 25.1 Å². The van der Waals surface area contributed by atoms with Crippen LogP contribution in [0.1, 0.15) is 56.2 Å². The standard InChI is InChI=1S/C51H67N11O11S2/c1-28(2)43(44(54)66)62(3)51(73)41-27-75-74-26-40(60-45(67)34(53)24-42(64)65)50(72)58-37(21-29-11-5-4-6-12-29)47(69)59-39(23-31-25-55-35-14-8-7-13-33(31)35)49(71)56-36(15-9-10-20-52)46(68)57-38(48(70)61-41)22-30-16-18-32(63)19-17-30/h4-8,11-14,16-19,25,28,34,36-41,43,55,63H,9-10,15,20-24,26-27,52-53H2,1-3H3,(H2,54,66)(H,56,71)(H,57,68)(H,58,72)(H,59,69)(H,60,67)(H,61,70)(H,64,65)/t34-,36-,37-,38-,39-,40-,41-,43-/m0/s1. The van der Waals surface area contributed by atoms with Gasteiger partial charge in [-0.1, -0.05) is 96.1 Å². The number of amides is 8. The number of rotatable bonds is 18. The molecular formula is C51H67N11O11S2. The average Bonchev–Trinajstić information content (AvgIpc) is 3.78. The molecule has 24 heteroatoms. The molecule has 4 aromatic rings. The predicted octanol–water partition coefficient (Wildman–Crippen LogP) is 0.105. The molecule has 15 N–H and O–H groups in total. The molecule has 5 rings (SSSR count). The Morgan fingerprint density at radius 3 is 1.88 bits per heavy atom. The number of carboxylic acids is 1. The van der Waals surface area contributed by atoms with Gasteiger partial charge in [-0.3, -0.25) is 43.2 Å². The first-order valence-corrected chi connectivity index (χ1v) is 26.9. The van der Waals surface area contributed by atoms with Crippen LogP contribution in [0.5, 0.6) is 5.75 Å². The number of para-hydroxylation sites is 1. The number of nitrogens with one attached hydrogen (secondary N) is 7. The highest BCUT2D eigenvalue weighted by molar-refractivity contribution is 8.76. The number of unbranched alkanes of at least 4 members (excludes halogenated alkanes) is 1. The molecule has 404 valence electrons. The van der Waals surface area contributed by atoms with Gasteiger partial charge in [-0.2, -0.15) is 0 Å². The first-order valence-electron chi connectivity index (χ1n) is 24.4. The van der Waals surface area contributed by atoms with Gasteiger partial charge in [0.05, 0.1) is 12.5 Å². The maximum atomic E-state index is 14.8. The average molecular weight is 1070 g/mol. The molecule has 1 aliphatic heterocycles. The summed E-state index contributed by atoms with van der Waals surface area (Å²) in [5.41, 5.74) is 20.0. The zero-order chi connectivity index (χ0) is 54.8. The van der Waals surface area contributed by atoms with Crippen LogP contribution in [0.3, 0.4) is 0 Å². The van der Waals surface area contributed by atoms with E-state index >= 15 is 0 Å². The summed E-state index contributed by atoms with van der Waals surface area (Å²) in [6.45, 7) is 3.63. The first kappa shape index (κ1) is 58.7. The van der Waals surface area contributed by atoms with Crippen molar-refractivity contribution in [1.29, 1.82) is 0 Å². The number of phenolic OH excluding ortho intramolecular Hbond substituents is 1. The van der Waals surface area contributed by atoms with Gasteiger partial charge in [-0.05, 0) is 66.6 Å². The number of benzene rings is 3. The quantitative estimate of drug-likeness (QED) is 0.0465. The molecule has 1 saturated heterocycles. The molecule has 0 bridgehead atoms. The lowest BCUT2D eigenvalue weighted by Crippen LogP contribution is -2.61. The molecule has 8 amide bonds. The second-order valence-electron chi connectivity index (χ2n) is 18.6. The van der Waals surface area contributed by atoms with Crippen LogP contribution in [0.4, 0.5) is 0 Å². The lowest BCUT2D eigenvalue weighted by atomic mass is 10.0. The third-order valence-corrected chi connectivity index (χ3v) is 14.9. The van der Waals surface area contributed by atoms with Crippen LogP contribution in [-0.4, -0.2) is 147 Å². The van der Waals surface area contributed by atoms with Crippen molar-refractivity contribution < 1.29 is 53.4 Å². The number of carboxylic acid groups (broad SMARTS) is 1. The Hall–Kier alpha value is -7.15. The fourth-order valence-electron chi connectivity index (χ4n) is 8.49. The smallest absolute Gasteiger partial charge is 0.305 e. The van der Waals surface area contributed by atoms with Crippen LogP contribution in [0.15, 0.2) is 85.1 Å². The largest absolute Gasteiger partial charge is 0.508 e. The van der Waals surface area contributed by atoms with E-state index in [1.807, 2.05) is 18.2 Å². The lowest BCUT2D eigenvalue weighted by Gasteiger charge is -2.32. The van der Waals surface area contributed by atoms with Gasteiger partial charge in [0.25, 0.3) is 0 Å². The number of nitrogens with two attached hydrogens (primary N) is 3. The highest BCUT2D eigenvalue weighted by Gasteiger charge is 2.37. The summed E-state index contributed by atoms with van der Waals surface area (Å²) in [6, 6.07) is 10.7. The van der Waals surface area contributed by atoms with E-state index in [-0.39, 0.29) is 49.5 Å². The summed E-state index contributed by atoms with van der Waals surface area (Å²) in [6.07, 6.45) is 1.37. The van der Waals surface area contributed by atoms with E-state index in [1.165, 1.54) is 31.3 Å². The molecule has 1 aromatic heterocycles. The molecule has 1 fully saturated rings. The van der Waals surface area contributed by atoms with Crippen molar-refractivity contribution in [2.45, 2.75) is 107 Å². The molecule has 3 aromatic carbocycles.